The summed E-state index contributed by atoms with van der Waals surface area (Å²) >= 11 is 0. The van der Waals surface area contributed by atoms with E-state index in [0.29, 0.717) is 31.7 Å². The van der Waals surface area contributed by atoms with E-state index in [9.17, 15) is 14.0 Å². The van der Waals surface area contributed by atoms with Crippen LogP contribution in [0.15, 0.2) is 24.3 Å². The van der Waals surface area contributed by atoms with Gasteiger partial charge < -0.3 is 14.7 Å². The summed E-state index contributed by atoms with van der Waals surface area (Å²) in [5.41, 5.74) is 0.577. The molecule has 1 aromatic carbocycles. The van der Waals surface area contributed by atoms with Crippen molar-refractivity contribution in [1.29, 1.82) is 0 Å². The van der Waals surface area contributed by atoms with Crippen LogP contribution in [0, 0.1) is 11.7 Å². The van der Waals surface area contributed by atoms with Crippen LogP contribution in [0.2, 0.25) is 0 Å². The lowest BCUT2D eigenvalue weighted by atomic mass is 10.1. The molecule has 5 nitrogen and oxygen atoms in total. The molecule has 1 aromatic rings. The van der Waals surface area contributed by atoms with Crippen molar-refractivity contribution in [3.05, 3.63) is 35.6 Å². The topological polar surface area (TPSA) is 66.8 Å². The molecule has 0 fully saturated rings. The minimum Gasteiger partial charge on any atom is -0.481 e. The third kappa shape index (κ3) is 7.23. The van der Waals surface area contributed by atoms with Crippen molar-refractivity contribution in [3.8, 4) is 0 Å². The van der Waals surface area contributed by atoms with Crippen molar-refractivity contribution < 1.29 is 23.8 Å². The van der Waals surface area contributed by atoms with Gasteiger partial charge in [0.05, 0.1) is 12.3 Å². The summed E-state index contributed by atoms with van der Waals surface area (Å²) in [6.07, 6.45) is 0.688. The zero-order valence-corrected chi connectivity index (χ0v) is 13.6. The number of halogens is 1. The highest BCUT2D eigenvalue weighted by Gasteiger charge is 2.20. The number of benzene rings is 1. The Morgan fingerprint density at radius 2 is 2.13 bits per heavy atom. The highest BCUT2D eigenvalue weighted by Crippen LogP contribution is 2.09. The Labute approximate surface area is 136 Å². The molecule has 6 heteroatoms. The summed E-state index contributed by atoms with van der Waals surface area (Å²) in [6.45, 7) is 5.12. The minimum atomic E-state index is -0.946. The van der Waals surface area contributed by atoms with Crippen LogP contribution in [0.4, 0.5) is 4.39 Å². The van der Waals surface area contributed by atoms with Crippen molar-refractivity contribution in [2.75, 3.05) is 26.3 Å². The lowest BCUT2D eigenvalue weighted by Gasteiger charge is -2.24. The van der Waals surface area contributed by atoms with E-state index in [2.05, 4.69) is 0 Å². The summed E-state index contributed by atoms with van der Waals surface area (Å²) in [5.74, 6) is -2.20. The van der Waals surface area contributed by atoms with Gasteiger partial charge in [-0.05, 0) is 31.0 Å². The number of nitrogens with zero attached hydrogens (tertiary/aromatic N) is 1. The Hall–Kier alpha value is -1.95. The smallest absolute Gasteiger partial charge is 0.308 e. The first kappa shape index (κ1) is 19.1. The number of carboxylic acids is 1. The number of carboxylic acid groups (broad SMARTS) is 1. The molecule has 0 bridgehead atoms. The van der Waals surface area contributed by atoms with Gasteiger partial charge in [-0.25, -0.2) is 4.39 Å². The lowest BCUT2D eigenvalue weighted by molar-refractivity contribution is -0.143. The molecule has 0 aliphatic heterocycles. The van der Waals surface area contributed by atoms with Gasteiger partial charge in [-0.1, -0.05) is 19.1 Å². The van der Waals surface area contributed by atoms with E-state index in [1.165, 1.54) is 17.0 Å². The maximum Gasteiger partial charge on any atom is 0.308 e. The van der Waals surface area contributed by atoms with Gasteiger partial charge >= 0.3 is 5.97 Å². The molecule has 1 unspecified atom stereocenters. The Bertz CT molecular complexity index is 521. The molecule has 0 saturated heterocycles. The fourth-order valence-corrected chi connectivity index (χ4v) is 2.16. The van der Waals surface area contributed by atoms with Crippen molar-refractivity contribution in [2.45, 2.75) is 26.7 Å². The maximum atomic E-state index is 13.2. The first-order chi connectivity index (χ1) is 10.9. The molecule has 0 spiro atoms. The Balaban J connectivity index is 2.68. The Morgan fingerprint density at radius 3 is 2.74 bits per heavy atom. The molecule has 0 aliphatic rings. The van der Waals surface area contributed by atoms with Crippen molar-refractivity contribution in [3.63, 3.8) is 0 Å². The largest absolute Gasteiger partial charge is 0.481 e. The second-order valence-corrected chi connectivity index (χ2v) is 5.44. The fourth-order valence-electron chi connectivity index (χ4n) is 2.16. The summed E-state index contributed by atoms with van der Waals surface area (Å²) in [7, 11) is 0. The minimum absolute atomic E-state index is 0.0543. The van der Waals surface area contributed by atoms with Gasteiger partial charge in [0.1, 0.15) is 5.82 Å². The van der Waals surface area contributed by atoms with Gasteiger partial charge in [-0.3, -0.25) is 9.59 Å². The second kappa shape index (κ2) is 9.94. The highest BCUT2D eigenvalue weighted by molar-refractivity contribution is 5.79. The van der Waals surface area contributed by atoms with E-state index in [1.807, 2.05) is 6.92 Å². The van der Waals surface area contributed by atoms with E-state index in [-0.39, 0.29) is 18.9 Å². The molecule has 0 heterocycles. The average molecular weight is 325 g/mol. The molecule has 0 aliphatic carbocycles. The van der Waals surface area contributed by atoms with E-state index in [4.69, 9.17) is 9.84 Å². The molecule has 0 aromatic heterocycles. The number of carbonyl (C=O) groups is 2. The summed E-state index contributed by atoms with van der Waals surface area (Å²) in [5, 5.41) is 9.04. The number of rotatable bonds is 10. The molecule has 0 saturated carbocycles. The normalized spacial score (nSPS) is 12.0. The molecule has 1 N–H and O–H groups in total. The van der Waals surface area contributed by atoms with E-state index in [1.54, 1.807) is 19.1 Å². The lowest BCUT2D eigenvalue weighted by Crippen LogP contribution is -2.38. The third-order valence-corrected chi connectivity index (χ3v) is 3.43. The van der Waals surface area contributed by atoms with E-state index < -0.39 is 17.7 Å². The third-order valence-electron chi connectivity index (χ3n) is 3.43. The number of hydrogen-bond donors (Lipinski definition) is 1. The molecule has 1 amide bonds. The SMILES string of the molecule is CCOCCCN(CC(C)C(=O)O)C(=O)Cc1cccc(F)c1. The van der Waals surface area contributed by atoms with Crippen LogP contribution < -0.4 is 0 Å². The summed E-state index contributed by atoms with van der Waals surface area (Å²) in [6, 6.07) is 5.87. The monoisotopic (exact) mass is 325 g/mol. The fraction of sp³-hybridized carbons (Fsp3) is 0.529. The van der Waals surface area contributed by atoms with Gasteiger partial charge in [0.2, 0.25) is 5.91 Å². The molecular formula is C17H24FNO4. The summed E-state index contributed by atoms with van der Waals surface area (Å²) < 4.78 is 18.4. The van der Waals surface area contributed by atoms with Gasteiger partial charge in [0.25, 0.3) is 0 Å². The second-order valence-electron chi connectivity index (χ2n) is 5.44. The van der Waals surface area contributed by atoms with Crippen molar-refractivity contribution in [2.24, 2.45) is 5.92 Å². The number of ether oxygens (including phenoxy) is 1. The first-order valence-electron chi connectivity index (χ1n) is 7.76. The number of hydrogen-bond acceptors (Lipinski definition) is 3. The van der Waals surface area contributed by atoms with Crippen LogP contribution in [-0.4, -0.2) is 48.2 Å². The first-order valence-corrected chi connectivity index (χ1v) is 7.76. The molecule has 1 atom stereocenters. The van der Waals surface area contributed by atoms with Gasteiger partial charge in [0.15, 0.2) is 0 Å². The van der Waals surface area contributed by atoms with Crippen LogP contribution in [0.3, 0.4) is 0 Å². The van der Waals surface area contributed by atoms with Gasteiger partial charge in [-0.15, -0.1) is 0 Å². The Morgan fingerprint density at radius 1 is 1.39 bits per heavy atom. The zero-order valence-electron chi connectivity index (χ0n) is 13.6. The zero-order chi connectivity index (χ0) is 17.2. The van der Waals surface area contributed by atoms with Crippen LogP contribution >= 0.6 is 0 Å². The average Bonchev–Trinajstić information content (AvgIpc) is 2.49. The standard InChI is InChI=1S/C17H24FNO4/c1-3-23-9-5-8-19(12-13(2)17(21)22)16(20)11-14-6-4-7-15(18)10-14/h4,6-7,10,13H,3,5,8-9,11-12H2,1-2H3,(H,21,22). The van der Waals surface area contributed by atoms with E-state index in [0.717, 1.165) is 0 Å². The molecule has 23 heavy (non-hydrogen) atoms. The number of amides is 1. The maximum absolute atomic E-state index is 13.2. The predicted molar refractivity (Wildman–Crippen MR) is 84.6 cm³/mol. The van der Waals surface area contributed by atoms with Gasteiger partial charge in [-0.2, -0.15) is 0 Å². The van der Waals surface area contributed by atoms with Crippen LogP contribution in [-0.2, 0) is 20.7 Å². The molecular weight excluding hydrogens is 301 g/mol. The van der Waals surface area contributed by atoms with Crippen LogP contribution in [0.25, 0.3) is 0 Å². The van der Waals surface area contributed by atoms with Crippen LogP contribution in [0.1, 0.15) is 25.8 Å². The quantitative estimate of drug-likeness (QED) is 0.671. The van der Waals surface area contributed by atoms with Crippen LogP contribution in [0.5, 0.6) is 0 Å². The number of aliphatic carboxylic acids is 1. The predicted octanol–water partition coefficient (Wildman–Crippen LogP) is 2.34. The molecule has 0 radical (unpaired) electrons. The highest BCUT2D eigenvalue weighted by atomic mass is 19.1. The Kier molecular flexibility index (Phi) is 8.26. The summed E-state index contributed by atoms with van der Waals surface area (Å²) in [4.78, 5) is 25.0. The van der Waals surface area contributed by atoms with Gasteiger partial charge in [0, 0.05) is 26.3 Å². The number of carbonyl (C=O) groups excluding carboxylic acids is 1. The van der Waals surface area contributed by atoms with Crippen molar-refractivity contribution >= 4 is 11.9 Å². The van der Waals surface area contributed by atoms with Crippen molar-refractivity contribution in [1.82, 2.24) is 4.90 Å². The molecule has 128 valence electrons. The van der Waals surface area contributed by atoms with E-state index >= 15 is 0 Å². The molecule has 1 rings (SSSR count).